The molecular weight excluding hydrogens is 534 g/mol. The summed E-state index contributed by atoms with van der Waals surface area (Å²) >= 11 is 0. The number of anilines is 3. The van der Waals surface area contributed by atoms with Crippen molar-refractivity contribution in [3.8, 4) is 0 Å². The molecule has 0 atom stereocenters. The summed E-state index contributed by atoms with van der Waals surface area (Å²) in [4.78, 5) is 2.37. The second kappa shape index (κ2) is 13.7. The van der Waals surface area contributed by atoms with Gasteiger partial charge < -0.3 is 4.90 Å². The van der Waals surface area contributed by atoms with Gasteiger partial charge in [-0.2, -0.15) is 5.10 Å². The summed E-state index contributed by atoms with van der Waals surface area (Å²) in [5.74, 6) is 0. The predicted molar refractivity (Wildman–Crippen MR) is 187 cm³/mol. The smallest absolute Gasteiger partial charge is 0.0652 e. The van der Waals surface area contributed by atoms with Gasteiger partial charge in [0, 0.05) is 23.2 Å². The second-order valence-corrected chi connectivity index (χ2v) is 11.1. The Morgan fingerprint density at radius 1 is 0.591 bits per heavy atom. The monoisotopic (exact) mass is 571 g/mol. The normalized spacial score (nSPS) is 12.8. The molecule has 0 heterocycles. The number of hydrazone groups is 1. The molecule has 0 spiro atoms. The Morgan fingerprint density at radius 2 is 1.14 bits per heavy atom. The molecule has 0 amide bonds. The quantitative estimate of drug-likeness (QED) is 0.129. The Hall–Kier alpha value is -5.41. The molecule has 0 aliphatic heterocycles. The van der Waals surface area contributed by atoms with Crippen molar-refractivity contribution in [2.45, 2.75) is 26.7 Å². The minimum Gasteiger partial charge on any atom is -0.320 e. The number of hydrogen-bond acceptors (Lipinski definition) is 3. The van der Waals surface area contributed by atoms with Crippen LogP contribution < -0.4 is 9.91 Å². The van der Waals surface area contributed by atoms with Crippen molar-refractivity contribution in [2.24, 2.45) is 5.10 Å². The molecule has 1 aliphatic carbocycles. The van der Waals surface area contributed by atoms with E-state index in [0.717, 1.165) is 41.0 Å². The van der Waals surface area contributed by atoms with Gasteiger partial charge in [0.2, 0.25) is 0 Å². The Labute approximate surface area is 261 Å². The summed E-state index contributed by atoms with van der Waals surface area (Å²) in [6, 6.07) is 48.5. The van der Waals surface area contributed by atoms with E-state index < -0.39 is 0 Å². The van der Waals surface area contributed by atoms with E-state index in [1.165, 1.54) is 28.0 Å². The highest BCUT2D eigenvalue weighted by Gasteiger charge is 2.16. The number of rotatable bonds is 9. The van der Waals surface area contributed by atoms with Crippen molar-refractivity contribution in [3.63, 3.8) is 0 Å². The van der Waals surface area contributed by atoms with Crippen LogP contribution in [0.1, 0.15) is 42.0 Å². The van der Waals surface area contributed by atoms with E-state index >= 15 is 0 Å². The lowest BCUT2D eigenvalue weighted by Crippen LogP contribution is -2.18. The zero-order chi connectivity index (χ0) is 30.1. The molecule has 1 aliphatic rings. The molecule has 0 radical (unpaired) electrons. The zero-order valence-corrected chi connectivity index (χ0v) is 25.3. The molecule has 5 aromatic rings. The second-order valence-electron chi connectivity index (χ2n) is 11.1. The van der Waals surface area contributed by atoms with Crippen LogP contribution in [0.4, 0.5) is 17.1 Å². The molecule has 0 fully saturated rings. The largest absolute Gasteiger partial charge is 0.320 e. The third-order valence-electron chi connectivity index (χ3n) is 7.92. The van der Waals surface area contributed by atoms with Gasteiger partial charge in [0.05, 0.1) is 17.6 Å². The summed E-state index contributed by atoms with van der Waals surface area (Å²) in [5, 5.41) is 6.94. The molecule has 3 heteroatoms. The first-order valence-electron chi connectivity index (χ1n) is 15.2. The van der Waals surface area contributed by atoms with Crippen LogP contribution in [0.2, 0.25) is 0 Å². The third-order valence-corrected chi connectivity index (χ3v) is 7.92. The molecule has 0 saturated carbocycles. The van der Waals surface area contributed by atoms with Gasteiger partial charge >= 0.3 is 0 Å². The highest BCUT2D eigenvalue weighted by atomic mass is 15.5. The maximum Gasteiger partial charge on any atom is 0.0652 e. The zero-order valence-electron chi connectivity index (χ0n) is 25.3. The minimum atomic E-state index is 0.987. The number of para-hydroxylation sites is 2. The molecule has 0 N–H and O–H groups in total. The molecule has 0 unspecified atom stereocenters. The van der Waals surface area contributed by atoms with E-state index in [9.17, 15) is 0 Å². The van der Waals surface area contributed by atoms with Crippen molar-refractivity contribution in [2.75, 3.05) is 9.91 Å². The van der Waals surface area contributed by atoms with Gasteiger partial charge in [-0.1, -0.05) is 115 Å². The molecule has 44 heavy (non-hydrogen) atoms. The van der Waals surface area contributed by atoms with E-state index in [2.05, 4.69) is 140 Å². The molecule has 6 rings (SSSR count). The Bertz CT molecular complexity index is 1720. The van der Waals surface area contributed by atoms with Crippen molar-refractivity contribution in [1.82, 2.24) is 0 Å². The molecule has 0 saturated heterocycles. The molecule has 5 aromatic carbocycles. The number of nitrogens with zero attached hydrogens (tertiary/aromatic N) is 3. The lowest BCUT2D eigenvalue weighted by atomic mass is 9.97. The number of benzene rings is 5. The van der Waals surface area contributed by atoms with Crippen LogP contribution in [0.25, 0.3) is 5.57 Å². The predicted octanol–water partition coefficient (Wildman–Crippen LogP) is 10.7. The molecule has 216 valence electrons. The Kier molecular flexibility index (Phi) is 8.94. The maximum atomic E-state index is 4.96. The first-order chi connectivity index (χ1) is 21.7. The van der Waals surface area contributed by atoms with Crippen LogP contribution in [0, 0.1) is 6.92 Å². The summed E-state index contributed by atoms with van der Waals surface area (Å²) in [6.45, 7) is 4.37. The van der Waals surface area contributed by atoms with E-state index in [1.54, 1.807) is 0 Å². The van der Waals surface area contributed by atoms with Crippen molar-refractivity contribution in [1.29, 1.82) is 0 Å². The molecule has 0 bridgehead atoms. The SMILES string of the molecule is CC1=CC=C(N(C=C(c2ccccc2)c2ccccc2)c2ccc(/C=N/N(c3ccccc3)c3ccccc3)c(C)c2)CC1. The third kappa shape index (κ3) is 6.79. The van der Waals surface area contributed by atoms with Crippen LogP contribution in [0.5, 0.6) is 0 Å². The van der Waals surface area contributed by atoms with Gasteiger partial charge in [0.1, 0.15) is 0 Å². The molecule has 0 aromatic heterocycles. The summed E-state index contributed by atoms with van der Waals surface area (Å²) in [7, 11) is 0. The number of hydrogen-bond donors (Lipinski definition) is 0. The fourth-order valence-electron chi connectivity index (χ4n) is 5.43. The van der Waals surface area contributed by atoms with Crippen LogP contribution in [-0.4, -0.2) is 6.21 Å². The van der Waals surface area contributed by atoms with Crippen LogP contribution in [-0.2, 0) is 0 Å². The molecular formula is C41H37N3. The fraction of sp³-hybridized carbons (Fsp3) is 0.0976. The first-order valence-corrected chi connectivity index (χ1v) is 15.2. The highest BCUT2D eigenvalue weighted by Crippen LogP contribution is 2.33. The van der Waals surface area contributed by atoms with Gasteiger partial charge in [-0.05, 0) is 91.4 Å². The van der Waals surface area contributed by atoms with Gasteiger partial charge in [0.15, 0.2) is 0 Å². The van der Waals surface area contributed by atoms with Gasteiger partial charge in [0.25, 0.3) is 0 Å². The lowest BCUT2D eigenvalue weighted by Gasteiger charge is -2.28. The van der Waals surface area contributed by atoms with Gasteiger partial charge in [-0.3, -0.25) is 0 Å². The minimum absolute atomic E-state index is 0.987. The number of allylic oxidation sites excluding steroid dienone is 4. The van der Waals surface area contributed by atoms with Gasteiger partial charge in [-0.25, -0.2) is 5.01 Å². The van der Waals surface area contributed by atoms with E-state index in [-0.39, 0.29) is 0 Å². The maximum absolute atomic E-state index is 4.96. The average Bonchev–Trinajstić information content (AvgIpc) is 3.08. The van der Waals surface area contributed by atoms with Crippen molar-refractivity contribution >= 4 is 28.8 Å². The average molecular weight is 572 g/mol. The van der Waals surface area contributed by atoms with Gasteiger partial charge in [-0.15, -0.1) is 0 Å². The lowest BCUT2D eigenvalue weighted by molar-refractivity contribution is 0.872. The fourth-order valence-corrected chi connectivity index (χ4v) is 5.43. The van der Waals surface area contributed by atoms with E-state index in [1.807, 2.05) is 47.6 Å². The summed E-state index contributed by atoms with van der Waals surface area (Å²) < 4.78 is 0. The number of aryl methyl sites for hydroxylation is 1. The van der Waals surface area contributed by atoms with E-state index in [4.69, 9.17) is 5.10 Å². The van der Waals surface area contributed by atoms with E-state index in [0.29, 0.717) is 0 Å². The standard InChI is InChI=1S/C41H37N3/c1-32-23-26-37(27-24-32)43(31-41(34-15-7-3-8-16-34)35-17-9-4-10-18-35)40-28-25-36(33(2)29-40)30-42-44(38-19-11-5-12-20-38)39-21-13-6-14-22-39/h3-23,25-26,28-31H,24,27H2,1-2H3/b42-30+. The first kappa shape index (κ1) is 28.7. The highest BCUT2D eigenvalue weighted by molar-refractivity contribution is 5.86. The van der Waals surface area contributed by atoms with Crippen LogP contribution >= 0.6 is 0 Å². The summed E-state index contributed by atoms with van der Waals surface area (Å²) in [6.07, 6.45) is 10.8. The molecule has 3 nitrogen and oxygen atoms in total. The Morgan fingerprint density at radius 3 is 1.64 bits per heavy atom. The van der Waals surface area contributed by atoms with Crippen LogP contribution in [0.3, 0.4) is 0 Å². The van der Waals surface area contributed by atoms with Crippen molar-refractivity contribution < 1.29 is 0 Å². The topological polar surface area (TPSA) is 18.8 Å². The van der Waals surface area contributed by atoms with Crippen LogP contribution in [0.15, 0.2) is 174 Å². The summed E-state index contributed by atoms with van der Waals surface area (Å²) in [5.41, 5.74) is 11.7. The Balaban J connectivity index is 1.40. The van der Waals surface area contributed by atoms with Crippen molar-refractivity contribution in [3.05, 3.63) is 191 Å².